The van der Waals surface area contributed by atoms with Crippen LogP contribution in [0.25, 0.3) is 0 Å². The monoisotopic (exact) mass is 332 g/mol. The number of ether oxygens (including phenoxy) is 1. The molecule has 5 nitrogen and oxygen atoms in total. The summed E-state index contributed by atoms with van der Waals surface area (Å²) in [4.78, 5) is 13.3. The van der Waals surface area contributed by atoms with Crippen molar-refractivity contribution in [3.63, 3.8) is 0 Å². The average molecular weight is 332 g/mol. The van der Waals surface area contributed by atoms with E-state index in [1.165, 1.54) is 0 Å². The normalized spacial score (nSPS) is 17.1. The number of rotatable bonds is 6. The predicted molar refractivity (Wildman–Crippen MR) is 90.8 cm³/mol. The lowest BCUT2D eigenvalue weighted by Gasteiger charge is -2.19. The lowest BCUT2D eigenvalue weighted by atomic mass is 10.1. The number of amides is 1. The number of benzene rings is 1. The number of cyclic esters (lactones) is 1. The van der Waals surface area contributed by atoms with Gasteiger partial charge in [0, 0.05) is 18.3 Å². The average Bonchev–Trinajstić information content (AvgIpc) is 3.24. The van der Waals surface area contributed by atoms with Crippen molar-refractivity contribution in [2.75, 3.05) is 24.6 Å². The summed E-state index contributed by atoms with van der Waals surface area (Å²) in [5, 5.41) is 17.4. The van der Waals surface area contributed by atoms with Crippen molar-refractivity contribution in [2.45, 2.75) is 19.1 Å². The van der Waals surface area contributed by atoms with Gasteiger partial charge in [-0.1, -0.05) is 12.1 Å². The highest BCUT2D eigenvalue weighted by Crippen LogP contribution is 2.24. The van der Waals surface area contributed by atoms with Gasteiger partial charge in [0.15, 0.2) is 0 Å². The van der Waals surface area contributed by atoms with E-state index in [1.807, 2.05) is 48.0 Å². The molecule has 1 aromatic heterocycles. The van der Waals surface area contributed by atoms with E-state index in [4.69, 9.17) is 4.74 Å². The van der Waals surface area contributed by atoms with Gasteiger partial charge in [-0.25, -0.2) is 4.79 Å². The Bertz CT molecular complexity index is 660. The zero-order valence-electron chi connectivity index (χ0n) is 12.9. The van der Waals surface area contributed by atoms with Crippen LogP contribution in [-0.4, -0.2) is 30.9 Å². The van der Waals surface area contributed by atoms with Gasteiger partial charge >= 0.3 is 6.09 Å². The fourth-order valence-electron chi connectivity index (χ4n) is 2.58. The third-order valence-electron chi connectivity index (χ3n) is 3.99. The maximum atomic E-state index is 11.7. The standard InChI is InChI=1S/C17H20N2O3S/c1-12(18-10-16(20)14-5-8-23-11-14)13-3-2-4-15(9-13)19-6-7-22-17(19)21/h2-5,8-9,11-12,16,18,20H,6-7,10H2,1H3. The van der Waals surface area contributed by atoms with Crippen LogP contribution >= 0.6 is 11.3 Å². The van der Waals surface area contributed by atoms with E-state index in [1.54, 1.807) is 16.2 Å². The van der Waals surface area contributed by atoms with Crippen molar-refractivity contribution in [3.8, 4) is 0 Å². The molecule has 122 valence electrons. The molecule has 1 aliphatic rings. The minimum absolute atomic E-state index is 0.0712. The van der Waals surface area contributed by atoms with Crippen molar-refractivity contribution in [1.82, 2.24) is 5.32 Å². The summed E-state index contributed by atoms with van der Waals surface area (Å²) in [5.74, 6) is 0. The Morgan fingerprint density at radius 1 is 1.39 bits per heavy atom. The third-order valence-corrected chi connectivity index (χ3v) is 4.69. The van der Waals surface area contributed by atoms with Crippen LogP contribution < -0.4 is 10.2 Å². The number of aliphatic hydroxyl groups is 1. The Morgan fingerprint density at radius 3 is 2.96 bits per heavy atom. The van der Waals surface area contributed by atoms with Crippen LogP contribution in [0.4, 0.5) is 10.5 Å². The van der Waals surface area contributed by atoms with Gasteiger partial charge in [0.2, 0.25) is 0 Å². The van der Waals surface area contributed by atoms with Crippen LogP contribution in [0.15, 0.2) is 41.1 Å². The summed E-state index contributed by atoms with van der Waals surface area (Å²) in [6.07, 6.45) is -0.809. The number of anilines is 1. The van der Waals surface area contributed by atoms with Gasteiger partial charge in [0.25, 0.3) is 0 Å². The van der Waals surface area contributed by atoms with Crippen LogP contribution in [0, 0.1) is 0 Å². The van der Waals surface area contributed by atoms with Crippen LogP contribution in [0.2, 0.25) is 0 Å². The first kappa shape index (κ1) is 16.0. The summed E-state index contributed by atoms with van der Waals surface area (Å²) in [5.41, 5.74) is 2.85. The first-order valence-corrected chi connectivity index (χ1v) is 8.57. The van der Waals surface area contributed by atoms with E-state index in [2.05, 4.69) is 5.32 Å². The summed E-state index contributed by atoms with van der Waals surface area (Å²) >= 11 is 1.58. The van der Waals surface area contributed by atoms with Crippen LogP contribution in [0.3, 0.4) is 0 Å². The number of nitrogens with one attached hydrogen (secondary N) is 1. The number of nitrogens with zero attached hydrogens (tertiary/aromatic N) is 1. The van der Waals surface area contributed by atoms with Gasteiger partial charge in [-0.15, -0.1) is 0 Å². The highest BCUT2D eigenvalue weighted by molar-refractivity contribution is 7.07. The van der Waals surface area contributed by atoms with Gasteiger partial charge in [0.1, 0.15) is 6.61 Å². The van der Waals surface area contributed by atoms with Gasteiger partial charge in [-0.3, -0.25) is 4.90 Å². The van der Waals surface area contributed by atoms with Gasteiger partial charge in [0.05, 0.1) is 12.6 Å². The lowest BCUT2D eigenvalue weighted by molar-refractivity contribution is 0.171. The quantitative estimate of drug-likeness (QED) is 0.853. The maximum absolute atomic E-state index is 11.7. The number of thiophene rings is 1. The molecule has 2 aromatic rings. The van der Waals surface area contributed by atoms with Crippen molar-refractivity contribution >= 4 is 23.1 Å². The first-order valence-electron chi connectivity index (χ1n) is 7.63. The largest absolute Gasteiger partial charge is 0.447 e. The zero-order chi connectivity index (χ0) is 16.2. The van der Waals surface area contributed by atoms with E-state index >= 15 is 0 Å². The molecule has 1 amide bonds. The van der Waals surface area contributed by atoms with Crippen LogP contribution in [0.1, 0.15) is 30.2 Å². The van der Waals surface area contributed by atoms with E-state index in [-0.39, 0.29) is 12.1 Å². The van der Waals surface area contributed by atoms with E-state index in [9.17, 15) is 9.90 Å². The molecule has 1 fully saturated rings. The van der Waals surface area contributed by atoms with Crippen LogP contribution in [-0.2, 0) is 4.74 Å². The second-order valence-electron chi connectivity index (χ2n) is 5.56. The van der Waals surface area contributed by atoms with Crippen molar-refractivity contribution in [1.29, 1.82) is 0 Å². The molecule has 2 N–H and O–H groups in total. The van der Waals surface area contributed by atoms with Crippen molar-refractivity contribution < 1.29 is 14.6 Å². The lowest BCUT2D eigenvalue weighted by Crippen LogP contribution is -2.26. The molecule has 0 bridgehead atoms. The first-order chi connectivity index (χ1) is 11.1. The molecule has 0 spiro atoms. The molecule has 0 aliphatic carbocycles. The highest BCUT2D eigenvalue weighted by Gasteiger charge is 2.24. The summed E-state index contributed by atoms with van der Waals surface area (Å²) in [6, 6.07) is 9.84. The molecule has 6 heteroatoms. The van der Waals surface area contributed by atoms with Crippen molar-refractivity contribution in [2.24, 2.45) is 0 Å². The highest BCUT2D eigenvalue weighted by atomic mass is 32.1. The molecule has 1 aliphatic heterocycles. The summed E-state index contributed by atoms with van der Waals surface area (Å²) < 4.78 is 4.98. The SMILES string of the molecule is CC(NCC(O)c1ccsc1)c1cccc(N2CCOC2=O)c1. The fraction of sp³-hybridized carbons (Fsp3) is 0.353. The van der Waals surface area contributed by atoms with E-state index in [0.29, 0.717) is 19.7 Å². The predicted octanol–water partition coefficient (Wildman–Crippen LogP) is 3.09. The van der Waals surface area contributed by atoms with Crippen molar-refractivity contribution in [3.05, 3.63) is 52.2 Å². The Morgan fingerprint density at radius 2 is 2.26 bits per heavy atom. The Hall–Kier alpha value is -1.89. The number of hydrogen-bond acceptors (Lipinski definition) is 5. The zero-order valence-corrected chi connectivity index (χ0v) is 13.8. The van der Waals surface area contributed by atoms with Gasteiger partial charge < -0.3 is 15.2 Å². The van der Waals surface area contributed by atoms with Crippen LogP contribution in [0.5, 0.6) is 0 Å². The molecule has 3 rings (SSSR count). The number of hydrogen-bond donors (Lipinski definition) is 2. The summed E-state index contributed by atoms with van der Waals surface area (Å²) in [6.45, 7) is 3.54. The number of carbonyl (C=O) groups is 1. The minimum Gasteiger partial charge on any atom is -0.447 e. The maximum Gasteiger partial charge on any atom is 0.414 e. The molecule has 2 heterocycles. The molecule has 0 saturated carbocycles. The van der Waals surface area contributed by atoms with Gasteiger partial charge in [-0.2, -0.15) is 11.3 Å². The molecule has 2 atom stereocenters. The molecular formula is C17H20N2O3S. The van der Waals surface area contributed by atoms with E-state index < -0.39 is 6.10 Å². The Labute approximate surface area is 139 Å². The second kappa shape index (κ2) is 7.12. The summed E-state index contributed by atoms with van der Waals surface area (Å²) in [7, 11) is 0. The topological polar surface area (TPSA) is 61.8 Å². The fourth-order valence-corrected chi connectivity index (χ4v) is 3.29. The minimum atomic E-state index is -0.513. The van der Waals surface area contributed by atoms with Gasteiger partial charge in [-0.05, 0) is 47.0 Å². The molecule has 1 aromatic carbocycles. The number of carbonyl (C=O) groups excluding carboxylic acids is 1. The second-order valence-corrected chi connectivity index (χ2v) is 6.34. The molecular weight excluding hydrogens is 312 g/mol. The number of aliphatic hydroxyl groups excluding tert-OH is 1. The Balaban J connectivity index is 1.63. The Kier molecular flexibility index (Phi) is 4.95. The van der Waals surface area contributed by atoms with E-state index in [0.717, 1.165) is 16.8 Å². The smallest absolute Gasteiger partial charge is 0.414 e. The molecule has 2 unspecified atom stereocenters. The molecule has 23 heavy (non-hydrogen) atoms. The molecule has 1 saturated heterocycles. The third kappa shape index (κ3) is 3.72. The molecule has 0 radical (unpaired) electrons.